The molecule has 0 spiro atoms. The minimum atomic E-state index is -0.661. The van der Waals surface area contributed by atoms with Crippen LogP contribution in [0, 0.1) is 5.82 Å². The van der Waals surface area contributed by atoms with Gasteiger partial charge in [0.1, 0.15) is 12.1 Å². The van der Waals surface area contributed by atoms with Crippen molar-refractivity contribution in [1.82, 2.24) is 35.6 Å². The average Bonchev–Trinajstić information content (AvgIpc) is 2.93. The van der Waals surface area contributed by atoms with Crippen LogP contribution in [-0.2, 0) is 4.79 Å². The third-order valence-corrected chi connectivity index (χ3v) is 5.85. The molecule has 3 heterocycles. The fraction of sp³-hybridized carbons (Fsp3) is 0.269. The summed E-state index contributed by atoms with van der Waals surface area (Å²) in [7, 11) is 1.47. The first kappa shape index (κ1) is 26.3. The van der Waals surface area contributed by atoms with Crippen molar-refractivity contribution >= 4 is 34.5 Å². The van der Waals surface area contributed by atoms with E-state index in [0.29, 0.717) is 48.0 Å². The second kappa shape index (κ2) is 12.0. The lowest BCUT2D eigenvalue weighted by molar-refractivity contribution is -0.118. The second-order valence-electron chi connectivity index (χ2n) is 8.58. The first-order valence-corrected chi connectivity index (χ1v) is 12.0. The Morgan fingerprint density at radius 2 is 1.79 bits per heavy atom. The highest BCUT2D eigenvalue weighted by Gasteiger charge is 2.19. The molecule has 0 saturated carbocycles. The Balaban J connectivity index is 1.44. The van der Waals surface area contributed by atoms with Crippen LogP contribution in [0.15, 0.2) is 49.2 Å². The summed E-state index contributed by atoms with van der Waals surface area (Å²) in [5.74, 6) is -0.216. The van der Waals surface area contributed by atoms with Gasteiger partial charge in [0.2, 0.25) is 11.9 Å². The number of pyridine rings is 1. The van der Waals surface area contributed by atoms with Gasteiger partial charge in [-0.25, -0.2) is 24.3 Å². The summed E-state index contributed by atoms with van der Waals surface area (Å²) in [6, 6.07) is 7.21. The molecule has 1 unspecified atom stereocenters. The molecule has 1 atom stereocenters. The van der Waals surface area contributed by atoms with Crippen molar-refractivity contribution in [3.8, 4) is 11.3 Å². The van der Waals surface area contributed by atoms with Gasteiger partial charge in [0, 0.05) is 68.9 Å². The normalized spacial score (nSPS) is 11.6. The molecule has 38 heavy (non-hydrogen) atoms. The summed E-state index contributed by atoms with van der Waals surface area (Å²) in [6.07, 6.45) is 5.86. The largest absolute Gasteiger partial charge is 0.369 e. The maximum absolute atomic E-state index is 14.4. The predicted molar refractivity (Wildman–Crippen MR) is 142 cm³/mol. The molecule has 0 saturated heterocycles. The molecule has 3 aromatic heterocycles. The van der Waals surface area contributed by atoms with Gasteiger partial charge in [-0.3, -0.25) is 14.6 Å². The number of para-hydroxylation sites is 1. The van der Waals surface area contributed by atoms with Gasteiger partial charge in [-0.1, -0.05) is 25.1 Å². The van der Waals surface area contributed by atoms with Gasteiger partial charge in [0.15, 0.2) is 5.82 Å². The summed E-state index contributed by atoms with van der Waals surface area (Å²) in [5, 5.41) is 12.0. The number of aromatic nitrogens is 5. The van der Waals surface area contributed by atoms with Crippen LogP contribution in [0.3, 0.4) is 0 Å². The lowest BCUT2D eigenvalue weighted by Gasteiger charge is -2.17. The Kier molecular flexibility index (Phi) is 8.31. The molecule has 2 amide bonds. The molecule has 0 bridgehead atoms. The second-order valence-corrected chi connectivity index (χ2v) is 8.58. The maximum atomic E-state index is 14.4. The van der Waals surface area contributed by atoms with Crippen molar-refractivity contribution in [3.63, 3.8) is 0 Å². The number of hydrogen-bond acceptors (Lipinski definition) is 9. The molecule has 4 rings (SSSR count). The van der Waals surface area contributed by atoms with Crippen molar-refractivity contribution in [1.29, 1.82) is 0 Å². The topological polar surface area (TPSA) is 147 Å². The molecule has 0 aliphatic rings. The van der Waals surface area contributed by atoms with E-state index in [1.54, 1.807) is 30.6 Å². The third-order valence-electron chi connectivity index (χ3n) is 5.85. The summed E-state index contributed by atoms with van der Waals surface area (Å²) in [6.45, 7) is 4.97. The van der Waals surface area contributed by atoms with Gasteiger partial charge in [-0.05, 0) is 5.56 Å². The first-order chi connectivity index (χ1) is 18.4. The van der Waals surface area contributed by atoms with Crippen molar-refractivity contribution in [2.75, 3.05) is 37.3 Å². The van der Waals surface area contributed by atoms with Crippen LogP contribution in [0.25, 0.3) is 22.2 Å². The van der Waals surface area contributed by atoms with Crippen LogP contribution in [0.4, 0.5) is 16.2 Å². The van der Waals surface area contributed by atoms with Gasteiger partial charge in [0.25, 0.3) is 5.91 Å². The minimum absolute atomic E-state index is 0.0175. The number of carbonyl (C=O) groups is 2. The minimum Gasteiger partial charge on any atom is -0.369 e. The lowest BCUT2D eigenvalue weighted by Crippen LogP contribution is -2.26. The number of amides is 2. The number of rotatable bonds is 10. The Labute approximate surface area is 218 Å². The van der Waals surface area contributed by atoms with E-state index in [1.165, 1.54) is 20.3 Å². The molecule has 0 fully saturated rings. The van der Waals surface area contributed by atoms with E-state index in [0.717, 1.165) is 17.3 Å². The van der Waals surface area contributed by atoms with Crippen molar-refractivity contribution in [2.45, 2.75) is 19.8 Å². The fourth-order valence-electron chi connectivity index (χ4n) is 3.92. The molecule has 0 radical (unpaired) electrons. The van der Waals surface area contributed by atoms with Crippen LogP contribution in [0.1, 0.15) is 35.7 Å². The zero-order valence-electron chi connectivity index (χ0n) is 21.2. The Morgan fingerprint density at radius 3 is 2.53 bits per heavy atom. The Morgan fingerprint density at radius 1 is 1.00 bits per heavy atom. The van der Waals surface area contributed by atoms with Gasteiger partial charge in [-0.15, -0.1) is 0 Å². The highest BCUT2D eigenvalue weighted by molar-refractivity contribution is 6.06. The van der Waals surface area contributed by atoms with Gasteiger partial charge < -0.3 is 21.3 Å². The van der Waals surface area contributed by atoms with Crippen LogP contribution >= 0.6 is 0 Å². The molecule has 11 nitrogen and oxygen atoms in total. The van der Waals surface area contributed by atoms with E-state index in [1.807, 2.05) is 13.0 Å². The van der Waals surface area contributed by atoms with Crippen molar-refractivity contribution in [3.05, 3.63) is 66.1 Å². The van der Waals surface area contributed by atoms with E-state index in [4.69, 9.17) is 0 Å². The van der Waals surface area contributed by atoms with E-state index in [9.17, 15) is 14.0 Å². The van der Waals surface area contributed by atoms with Crippen LogP contribution in [-0.4, -0.2) is 63.4 Å². The van der Waals surface area contributed by atoms with Crippen LogP contribution in [0.5, 0.6) is 0 Å². The summed E-state index contributed by atoms with van der Waals surface area (Å²) in [4.78, 5) is 44.7. The molecular formula is C26H28FN9O2. The monoisotopic (exact) mass is 517 g/mol. The molecule has 0 aliphatic heterocycles. The van der Waals surface area contributed by atoms with Gasteiger partial charge in [0.05, 0.1) is 23.0 Å². The van der Waals surface area contributed by atoms with Crippen molar-refractivity contribution in [2.24, 2.45) is 0 Å². The average molecular weight is 518 g/mol. The maximum Gasteiger partial charge on any atom is 0.254 e. The highest BCUT2D eigenvalue weighted by atomic mass is 19.1. The third kappa shape index (κ3) is 6.14. The number of nitrogens with zero attached hydrogens (tertiary/aromatic N) is 5. The molecule has 4 aromatic rings. The molecule has 0 aliphatic carbocycles. The summed E-state index contributed by atoms with van der Waals surface area (Å²) in [5.41, 5.74) is 2.81. The Hall–Kier alpha value is -4.74. The SMILES string of the molecule is CNC(=O)c1c(F)cnc2c(C(C)CNc3cc(-c4cnc(NCCNC(C)=O)nc4)ncn3)cccc12. The van der Waals surface area contributed by atoms with E-state index < -0.39 is 11.7 Å². The number of anilines is 2. The molecule has 196 valence electrons. The van der Waals surface area contributed by atoms with E-state index in [-0.39, 0.29) is 17.4 Å². The molecule has 4 N–H and O–H groups in total. The van der Waals surface area contributed by atoms with Crippen LogP contribution < -0.4 is 21.3 Å². The first-order valence-electron chi connectivity index (χ1n) is 12.0. The summed E-state index contributed by atoms with van der Waals surface area (Å²) < 4.78 is 14.4. The lowest BCUT2D eigenvalue weighted by atomic mass is 9.96. The number of nitrogens with one attached hydrogen (secondary N) is 4. The number of fused-ring (bicyclic) bond motifs is 1. The standard InChI is InChI=1S/C26H28FN9O2/c1-15(18-5-4-6-19-23(25(38)28-3)20(27)13-32-24(18)19)10-31-22-9-21(35-14-36-22)17-11-33-26(34-12-17)30-8-7-29-16(2)37/h4-6,9,11-15H,7-8,10H2,1-3H3,(H,28,38)(H,29,37)(H,30,33,34)(H,31,35,36). The molecule has 1 aromatic carbocycles. The van der Waals surface area contributed by atoms with E-state index in [2.05, 4.69) is 46.2 Å². The zero-order chi connectivity index (χ0) is 27.1. The Bertz CT molecular complexity index is 1450. The molecular weight excluding hydrogens is 489 g/mol. The predicted octanol–water partition coefficient (Wildman–Crippen LogP) is 2.74. The van der Waals surface area contributed by atoms with E-state index >= 15 is 0 Å². The van der Waals surface area contributed by atoms with Crippen molar-refractivity contribution < 1.29 is 14.0 Å². The quantitative estimate of drug-likeness (QED) is 0.233. The number of benzene rings is 1. The number of halogens is 1. The smallest absolute Gasteiger partial charge is 0.254 e. The summed E-state index contributed by atoms with van der Waals surface area (Å²) >= 11 is 0. The molecule has 12 heteroatoms. The number of hydrogen-bond donors (Lipinski definition) is 4. The fourth-order valence-corrected chi connectivity index (χ4v) is 3.92. The van der Waals surface area contributed by atoms with Gasteiger partial charge in [-0.2, -0.15) is 0 Å². The highest BCUT2D eigenvalue weighted by Crippen LogP contribution is 2.28. The zero-order valence-corrected chi connectivity index (χ0v) is 21.2. The van der Waals surface area contributed by atoms with Crippen LogP contribution in [0.2, 0.25) is 0 Å². The van der Waals surface area contributed by atoms with Gasteiger partial charge >= 0.3 is 0 Å². The number of carbonyl (C=O) groups excluding carboxylic acids is 2.